The Labute approximate surface area is 137 Å². The highest BCUT2D eigenvalue weighted by molar-refractivity contribution is 5.95. The summed E-state index contributed by atoms with van der Waals surface area (Å²) in [6, 6.07) is 5.62. The summed E-state index contributed by atoms with van der Waals surface area (Å²) in [5.41, 5.74) is 1.33. The van der Waals surface area contributed by atoms with Gasteiger partial charge in [0.1, 0.15) is 13.2 Å². The zero-order valence-corrected chi connectivity index (χ0v) is 13.8. The average molecular weight is 320 g/mol. The molecule has 0 bridgehead atoms. The van der Waals surface area contributed by atoms with Crippen LogP contribution >= 0.6 is 0 Å². The second-order valence-corrected chi connectivity index (χ2v) is 5.17. The molecule has 0 saturated carbocycles. The van der Waals surface area contributed by atoms with Crippen LogP contribution in [0.4, 0.5) is 0 Å². The Morgan fingerprint density at radius 3 is 2.87 bits per heavy atom. The van der Waals surface area contributed by atoms with Gasteiger partial charge in [-0.1, -0.05) is 25.5 Å². The first-order valence-corrected chi connectivity index (χ1v) is 8.10. The minimum absolute atomic E-state index is 0.187. The molecule has 1 heterocycles. The van der Waals surface area contributed by atoms with E-state index in [0.29, 0.717) is 36.9 Å². The number of ether oxygens (including phenoxy) is 4. The molecule has 2 rings (SSSR count). The lowest BCUT2D eigenvalue weighted by Gasteiger charge is -2.19. The van der Waals surface area contributed by atoms with Gasteiger partial charge in [0.05, 0.1) is 18.8 Å². The molecule has 0 atom stereocenters. The lowest BCUT2D eigenvalue weighted by atomic mass is 10.1. The number of fused-ring (bicyclic) bond motifs is 1. The third-order valence-electron chi connectivity index (χ3n) is 3.38. The van der Waals surface area contributed by atoms with E-state index in [9.17, 15) is 4.79 Å². The van der Waals surface area contributed by atoms with Crippen LogP contribution in [0.25, 0.3) is 6.08 Å². The van der Waals surface area contributed by atoms with Crippen LogP contribution in [0.5, 0.6) is 11.5 Å². The minimum Gasteiger partial charge on any atom is -0.490 e. The third kappa shape index (κ3) is 4.99. The summed E-state index contributed by atoms with van der Waals surface area (Å²) >= 11 is 0. The topological polar surface area (TPSA) is 54.0 Å². The van der Waals surface area contributed by atoms with Gasteiger partial charge < -0.3 is 18.9 Å². The van der Waals surface area contributed by atoms with Gasteiger partial charge in [0.2, 0.25) is 0 Å². The Hall–Kier alpha value is -2.01. The molecule has 0 amide bonds. The normalized spacial score (nSPS) is 12.9. The summed E-state index contributed by atoms with van der Waals surface area (Å²) in [7, 11) is 0. The number of benzene rings is 1. The number of unbranched alkanes of at least 4 members (excludes halogenated alkanes) is 1. The Morgan fingerprint density at radius 1 is 1.22 bits per heavy atom. The van der Waals surface area contributed by atoms with E-state index in [0.717, 1.165) is 18.4 Å². The van der Waals surface area contributed by atoms with Crippen molar-refractivity contribution in [2.75, 3.05) is 33.0 Å². The van der Waals surface area contributed by atoms with Gasteiger partial charge in [-0.3, -0.25) is 0 Å². The fourth-order valence-corrected chi connectivity index (χ4v) is 2.20. The molecule has 0 N–H and O–H groups in total. The smallest absolute Gasteiger partial charge is 0.337 e. The molecule has 1 aliphatic heterocycles. The predicted molar refractivity (Wildman–Crippen MR) is 87.8 cm³/mol. The maximum absolute atomic E-state index is 12.1. The Bertz CT molecular complexity index is 550. The number of hydrogen-bond acceptors (Lipinski definition) is 5. The first-order valence-electron chi connectivity index (χ1n) is 8.10. The Morgan fingerprint density at radius 2 is 2.09 bits per heavy atom. The standard InChI is InChI=1S/C18H24O5/c1-3-5-9-20-10-11-22-18(19)15-12-14-7-6-8-16(21-4-2)17(14)23-13-15/h6-8,12H,3-5,9-11,13H2,1-2H3. The van der Waals surface area contributed by atoms with E-state index in [-0.39, 0.29) is 19.2 Å². The third-order valence-corrected chi connectivity index (χ3v) is 3.38. The Kier molecular flexibility index (Phi) is 6.94. The first kappa shape index (κ1) is 17.3. The number of para-hydroxylation sites is 1. The van der Waals surface area contributed by atoms with E-state index in [1.807, 2.05) is 25.1 Å². The molecule has 5 nitrogen and oxygen atoms in total. The number of rotatable bonds is 9. The molecule has 5 heteroatoms. The fraction of sp³-hybridized carbons (Fsp3) is 0.500. The van der Waals surface area contributed by atoms with Crippen LogP contribution in [0.3, 0.4) is 0 Å². The zero-order chi connectivity index (χ0) is 16.5. The number of hydrogen-bond donors (Lipinski definition) is 0. The average Bonchev–Trinajstić information content (AvgIpc) is 2.58. The summed E-state index contributed by atoms with van der Waals surface area (Å²) in [4.78, 5) is 12.1. The quantitative estimate of drug-likeness (QED) is 0.516. The summed E-state index contributed by atoms with van der Waals surface area (Å²) in [5.74, 6) is 1.00. The van der Waals surface area contributed by atoms with Crippen LogP contribution < -0.4 is 9.47 Å². The molecule has 0 radical (unpaired) electrons. The van der Waals surface area contributed by atoms with Crippen LogP contribution in [-0.4, -0.2) is 39.0 Å². The van der Waals surface area contributed by atoms with Crippen LogP contribution in [-0.2, 0) is 14.3 Å². The monoisotopic (exact) mass is 320 g/mol. The van der Waals surface area contributed by atoms with Crippen molar-refractivity contribution in [2.45, 2.75) is 26.7 Å². The highest BCUT2D eigenvalue weighted by Crippen LogP contribution is 2.35. The van der Waals surface area contributed by atoms with Crippen molar-refractivity contribution in [2.24, 2.45) is 0 Å². The van der Waals surface area contributed by atoms with Crippen molar-refractivity contribution in [1.29, 1.82) is 0 Å². The lowest BCUT2D eigenvalue weighted by Crippen LogP contribution is -2.19. The number of carbonyl (C=O) groups excluding carboxylic acids is 1. The van der Waals surface area contributed by atoms with Gasteiger partial charge >= 0.3 is 5.97 Å². The van der Waals surface area contributed by atoms with Crippen molar-refractivity contribution in [3.8, 4) is 11.5 Å². The molecule has 0 aliphatic carbocycles. The highest BCUT2D eigenvalue weighted by atomic mass is 16.6. The molecule has 126 valence electrons. The summed E-state index contributed by atoms with van der Waals surface area (Å²) in [6.07, 6.45) is 3.90. The van der Waals surface area contributed by atoms with E-state index in [1.165, 1.54) is 0 Å². The summed E-state index contributed by atoms with van der Waals surface area (Å²) < 4.78 is 21.8. The first-order chi connectivity index (χ1) is 11.3. The maximum atomic E-state index is 12.1. The van der Waals surface area contributed by atoms with Crippen LogP contribution in [0.15, 0.2) is 23.8 Å². The van der Waals surface area contributed by atoms with Gasteiger partial charge in [-0.15, -0.1) is 0 Å². The molecule has 0 aromatic heterocycles. The van der Waals surface area contributed by atoms with Crippen molar-refractivity contribution >= 4 is 12.0 Å². The van der Waals surface area contributed by atoms with Crippen LogP contribution in [0, 0.1) is 0 Å². The number of esters is 1. The SMILES string of the molecule is CCCCOCCOC(=O)C1=Cc2cccc(OCC)c2OC1. The van der Waals surface area contributed by atoms with E-state index >= 15 is 0 Å². The second kappa shape index (κ2) is 9.20. The van der Waals surface area contributed by atoms with Gasteiger partial charge in [-0.05, 0) is 25.5 Å². The van der Waals surface area contributed by atoms with Gasteiger partial charge in [0.25, 0.3) is 0 Å². The van der Waals surface area contributed by atoms with Crippen molar-refractivity contribution in [1.82, 2.24) is 0 Å². The summed E-state index contributed by atoms with van der Waals surface area (Å²) in [6.45, 7) is 6.16. The van der Waals surface area contributed by atoms with Crippen LogP contribution in [0.2, 0.25) is 0 Å². The van der Waals surface area contributed by atoms with Crippen molar-refractivity contribution in [3.63, 3.8) is 0 Å². The van der Waals surface area contributed by atoms with E-state index < -0.39 is 0 Å². The van der Waals surface area contributed by atoms with E-state index in [4.69, 9.17) is 18.9 Å². The van der Waals surface area contributed by atoms with Gasteiger partial charge in [0.15, 0.2) is 11.5 Å². The largest absolute Gasteiger partial charge is 0.490 e. The zero-order valence-electron chi connectivity index (χ0n) is 13.8. The molecule has 23 heavy (non-hydrogen) atoms. The number of carbonyl (C=O) groups is 1. The van der Waals surface area contributed by atoms with Gasteiger partial charge in [0, 0.05) is 12.2 Å². The lowest BCUT2D eigenvalue weighted by molar-refractivity contribution is -0.140. The van der Waals surface area contributed by atoms with Crippen molar-refractivity contribution in [3.05, 3.63) is 29.3 Å². The van der Waals surface area contributed by atoms with Crippen LogP contribution in [0.1, 0.15) is 32.3 Å². The second-order valence-electron chi connectivity index (χ2n) is 5.17. The molecule has 0 fully saturated rings. The molecule has 0 saturated heterocycles. The molecular weight excluding hydrogens is 296 g/mol. The molecule has 1 aromatic carbocycles. The van der Waals surface area contributed by atoms with Crippen molar-refractivity contribution < 1.29 is 23.7 Å². The fourth-order valence-electron chi connectivity index (χ4n) is 2.20. The highest BCUT2D eigenvalue weighted by Gasteiger charge is 2.21. The molecule has 0 spiro atoms. The van der Waals surface area contributed by atoms with E-state index in [1.54, 1.807) is 6.08 Å². The predicted octanol–water partition coefficient (Wildman–Crippen LogP) is 3.22. The van der Waals surface area contributed by atoms with Gasteiger partial charge in [-0.25, -0.2) is 4.79 Å². The molecular formula is C18H24O5. The van der Waals surface area contributed by atoms with E-state index in [2.05, 4.69) is 6.92 Å². The van der Waals surface area contributed by atoms with Gasteiger partial charge in [-0.2, -0.15) is 0 Å². The molecule has 1 aromatic rings. The molecule has 0 unspecified atom stereocenters. The molecule has 1 aliphatic rings. The Balaban J connectivity index is 1.89. The minimum atomic E-state index is -0.364. The summed E-state index contributed by atoms with van der Waals surface area (Å²) in [5, 5.41) is 0. The maximum Gasteiger partial charge on any atom is 0.337 e.